The first-order valence-electron chi connectivity index (χ1n) is 13.9. The number of nitrogens with one attached hydrogen (secondary N) is 1. The van der Waals surface area contributed by atoms with Crippen molar-refractivity contribution >= 4 is 47.5 Å². The summed E-state index contributed by atoms with van der Waals surface area (Å²) in [6.45, 7) is 5.03. The number of β-amino-alcohol motifs (C(OH)–C–C–N with tert-alkyl or cyclic N) is 2. The quantitative estimate of drug-likeness (QED) is 0.209. The molecule has 3 N–H and O–H groups in total. The van der Waals surface area contributed by atoms with E-state index in [4.69, 9.17) is 30.9 Å². The van der Waals surface area contributed by atoms with Crippen molar-refractivity contribution in [3.8, 4) is 0 Å². The van der Waals surface area contributed by atoms with Crippen molar-refractivity contribution in [1.29, 1.82) is 0 Å². The summed E-state index contributed by atoms with van der Waals surface area (Å²) < 4.78 is 19.4. The smallest absolute Gasteiger partial charge is 0.410 e. The zero-order chi connectivity index (χ0) is 31.6. The van der Waals surface area contributed by atoms with E-state index >= 15 is 0 Å². The number of aliphatic hydroxyl groups is 2. The highest BCUT2D eigenvalue weighted by atomic mass is 35.5. The van der Waals surface area contributed by atoms with Gasteiger partial charge in [0.15, 0.2) is 0 Å². The molecule has 0 saturated carbocycles. The van der Waals surface area contributed by atoms with E-state index < -0.39 is 35.7 Å². The number of halogens is 2. The van der Waals surface area contributed by atoms with Crippen LogP contribution in [0.5, 0.6) is 0 Å². The van der Waals surface area contributed by atoms with Crippen LogP contribution in [0.3, 0.4) is 0 Å². The van der Waals surface area contributed by atoms with Gasteiger partial charge < -0.3 is 34.5 Å². The van der Waals surface area contributed by atoms with E-state index in [1.807, 2.05) is 60.7 Å². The maximum Gasteiger partial charge on any atom is 0.410 e. The van der Waals surface area contributed by atoms with Crippen molar-refractivity contribution in [2.24, 2.45) is 0 Å². The summed E-state index contributed by atoms with van der Waals surface area (Å²) in [5.74, 6) is -0.769. The molecule has 0 radical (unpaired) electrons. The highest BCUT2D eigenvalue weighted by Gasteiger charge is 2.40. The largest absolute Gasteiger partial charge is 0.465 e. The molecule has 14 heteroatoms. The second-order valence-corrected chi connectivity index (χ2v) is 9.77. The van der Waals surface area contributed by atoms with Crippen LogP contribution < -0.4 is 5.32 Å². The molecule has 2 aromatic carbocycles. The normalized spacial score (nSPS) is 19.5. The lowest BCUT2D eigenvalue weighted by Crippen LogP contribution is -2.41. The van der Waals surface area contributed by atoms with Gasteiger partial charge in [-0.25, -0.2) is 14.4 Å². The van der Waals surface area contributed by atoms with Crippen LogP contribution in [0, 0.1) is 0 Å². The Morgan fingerprint density at radius 1 is 0.800 bits per heavy atom. The first-order valence-corrected chi connectivity index (χ1v) is 14.3. The van der Waals surface area contributed by atoms with Crippen molar-refractivity contribution in [2.45, 2.75) is 71.6 Å². The molecule has 2 aromatic rings. The predicted molar refractivity (Wildman–Crippen MR) is 170 cm³/mol. The Balaban J connectivity index is 0.000000688. The number of aliphatic hydroxyl groups excluding tert-OH is 2. The van der Waals surface area contributed by atoms with Crippen LogP contribution in [0.4, 0.5) is 9.59 Å². The second kappa shape index (κ2) is 23.0. The highest BCUT2D eigenvalue weighted by Crippen LogP contribution is 2.20. The average Bonchev–Trinajstić information content (AvgIpc) is 3.62. The Bertz CT molecular complexity index is 1140. The standard InChI is InChI=1S/C15H19NO5.C8H7ClO2.C7H13NO3.CH4.ClH/c1-2-20-14(18)13-8-12(17)9-16(13)15(19)21-10-11-6-4-3-5-7-11;9-8(10)11-6-7-4-2-1-3-5-7;1-2-11-7(10)6-3-5(9)4-8-6;;/h3-7,12-13,17H,2,8-10H2,1H3;1-5H,6H2;5-6,8-9H,2-4H2,1H3;1H4;1H/t12-,13+;;5-,6+;;/m1.1../s1. The van der Waals surface area contributed by atoms with Crippen LogP contribution in [0.15, 0.2) is 60.7 Å². The molecule has 1 amide bonds. The fourth-order valence-corrected chi connectivity index (χ4v) is 4.19. The number of rotatable bonds is 8. The van der Waals surface area contributed by atoms with E-state index in [9.17, 15) is 24.3 Å². The predicted octanol–water partition coefficient (Wildman–Crippen LogP) is 4.21. The van der Waals surface area contributed by atoms with E-state index in [1.54, 1.807) is 13.8 Å². The van der Waals surface area contributed by atoms with Gasteiger partial charge in [0.2, 0.25) is 0 Å². The molecule has 0 aromatic heterocycles. The van der Waals surface area contributed by atoms with Gasteiger partial charge in [-0.2, -0.15) is 0 Å². The number of amides is 1. The zero-order valence-corrected chi connectivity index (χ0v) is 26.2. The van der Waals surface area contributed by atoms with Gasteiger partial charge in [0, 0.05) is 31.0 Å². The molecule has 0 spiro atoms. The van der Waals surface area contributed by atoms with Gasteiger partial charge in [0.25, 0.3) is 0 Å². The number of carbonyl (C=O) groups is 4. The summed E-state index contributed by atoms with van der Waals surface area (Å²) in [6.07, 6.45) is -1.10. The topological polar surface area (TPSA) is 161 Å². The molecule has 2 saturated heterocycles. The van der Waals surface area contributed by atoms with Gasteiger partial charge in [-0.15, -0.1) is 12.4 Å². The molecule has 2 fully saturated rings. The van der Waals surface area contributed by atoms with Gasteiger partial charge in [-0.3, -0.25) is 9.69 Å². The number of hydrogen-bond acceptors (Lipinski definition) is 11. The summed E-state index contributed by atoms with van der Waals surface area (Å²) in [5.41, 5.74) is 1.02. The molecule has 2 aliphatic rings. The lowest BCUT2D eigenvalue weighted by Gasteiger charge is -2.22. The minimum absolute atomic E-state index is 0. The van der Waals surface area contributed by atoms with Crippen molar-refractivity contribution in [3.63, 3.8) is 0 Å². The van der Waals surface area contributed by atoms with Crippen molar-refractivity contribution in [3.05, 3.63) is 71.8 Å². The zero-order valence-electron chi connectivity index (χ0n) is 24.6. The van der Waals surface area contributed by atoms with Crippen LogP contribution >= 0.6 is 24.0 Å². The lowest BCUT2D eigenvalue weighted by atomic mass is 10.2. The molecule has 252 valence electrons. The summed E-state index contributed by atoms with van der Waals surface area (Å²) >= 11 is 4.97. The van der Waals surface area contributed by atoms with Gasteiger partial charge in [0.05, 0.1) is 32.0 Å². The van der Waals surface area contributed by atoms with Crippen LogP contribution in [0.2, 0.25) is 0 Å². The number of carbonyl (C=O) groups excluding carboxylic acids is 4. The van der Waals surface area contributed by atoms with Crippen molar-refractivity contribution in [2.75, 3.05) is 26.3 Å². The van der Waals surface area contributed by atoms with Gasteiger partial charge in [-0.1, -0.05) is 68.1 Å². The van der Waals surface area contributed by atoms with Gasteiger partial charge in [-0.05, 0) is 25.0 Å². The Labute approximate surface area is 275 Å². The molecule has 0 unspecified atom stereocenters. The summed E-state index contributed by atoms with van der Waals surface area (Å²) in [7, 11) is 0. The van der Waals surface area contributed by atoms with Gasteiger partial charge >= 0.3 is 23.5 Å². The third kappa shape index (κ3) is 15.9. The monoisotopic (exact) mass is 674 g/mol. The minimum atomic E-state index is -0.775. The van der Waals surface area contributed by atoms with Crippen LogP contribution in [-0.4, -0.2) is 89.2 Å². The summed E-state index contributed by atoms with van der Waals surface area (Å²) in [4.78, 5) is 46.2. The third-order valence-corrected chi connectivity index (χ3v) is 6.26. The molecule has 0 aliphatic carbocycles. The van der Waals surface area contributed by atoms with E-state index in [2.05, 4.69) is 10.1 Å². The molecular formula is C31H44Cl2N2O10. The Morgan fingerprint density at radius 2 is 1.31 bits per heavy atom. The Morgan fingerprint density at radius 3 is 1.78 bits per heavy atom. The summed E-state index contributed by atoms with van der Waals surface area (Å²) in [5, 5.41) is 21.6. The first kappa shape index (κ1) is 41.6. The van der Waals surface area contributed by atoms with E-state index in [0.717, 1.165) is 11.1 Å². The molecule has 45 heavy (non-hydrogen) atoms. The molecule has 4 atom stereocenters. The second-order valence-electron chi connectivity index (χ2n) is 9.46. The lowest BCUT2D eigenvalue weighted by molar-refractivity contribution is -0.148. The first-order chi connectivity index (χ1) is 20.6. The molecule has 2 aliphatic heterocycles. The minimum Gasteiger partial charge on any atom is -0.465 e. The molecule has 12 nitrogen and oxygen atoms in total. The van der Waals surface area contributed by atoms with Crippen molar-refractivity contribution < 1.29 is 48.3 Å². The molecule has 0 bridgehead atoms. The number of hydrogen-bond donors (Lipinski definition) is 3. The Hall–Kier alpha value is -3.42. The SMILES string of the molecule is C.CCOC(=O)[C@@H]1C[C@@H](O)CN1.CCOC(=O)[C@@H]1C[C@@H](O)CN1C(=O)OCc1ccccc1.Cl.O=C(Cl)OCc1ccccc1. The highest BCUT2D eigenvalue weighted by molar-refractivity contribution is 6.61. The average molecular weight is 676 g/mol. The summed E-state index contributed by atoms with van der Waals surface area (Å²) in [6, 6.07) is 17.5. The molecular weight excluding hydrogens is 631 g/mol. The third-order valence-electron chi connectivity index (χ3n) is 6.15. The molecule has 4 rings (SSSR count). The van der Waals surface area contributed by atoms with E-state index in [-0.39, 0.29) is 64.6 Å². The maximum absolute atomic E-state index is 12.1. The van der Waals surface area contributed by atoms with Crippen molar-refractivity contribution in [1.82, 2.24) is 10.2 Å². The van der Waals surface area contributed by atoms with Crippen LogP contribution in [0.1, 0.15) is 45.2 Å². The van der Waals surface area contributed by atoms with E-state index in [1.165, 1.54) is 4.90 Å². The van der Waals surface area contributed by atoms with Crippen LogP contribution in [-0.2, 0) is 41.8 Å². The number of likely N-dealkylation sites (tertiary alicyclic amines) is 1. The van der Waals surface area contributed by atoms with Gasteiger partial charge in [0.1, 0.15) is 25.3 Å². The maximum atomic E-state index is 12.1. The fraction of sp³-hybridized carbons (Fsp3) is 0.484. The Kier molecular flexibility index (Phi) is 21.2. The number of ether oxygens (including phenoxy) is 4. The number of esters is 2. The van der Waals surface area contributed by atoms with E-state index in [0.29, 0.717) is 19.6 Å². The van der Waals surface area contributed by atoms with Crippen LogP contribution in [0.25, 0.3) is 0 Å². The number of nitrogens with zero attached hydrogens (tertiary/aromatic N) is 1. The fourth-order valence-electron chi connectivity index (χ4n) is 4.13. The number of benzene rings is 2. The molecule has 2 heterocycles.